The number of rotatable bonds is 8. The number of Topliss-reactive ketones (excluding diaryl/α,β-unsaturated/α-hetero) is 1. The van der Waals surface area contributed by atoms with Gasteiger partial charge in [-0.25, -0.2) is 8.42 Å². The minimum absolute atomic E-state index is 0.0317. The second kappa shape index (κ2) is 9.61. The summed E-state index contributed by atoms with van der Waals surface area (Å²) < 4.78 is 34.4. The van der Waals surface area contributed by atoms with Gasteiger partial charge >= 0.3 is 0 Å². The number of fused-ring (bicyclic) bond motifs is 1. The molecule has 2 atom stereocenters. The Bertz CT molecular complexity index is 1190. The lowest BCUT2D eigenvalue weighted by molar-refractivity contribution is 0.0684. The Kier molecular flexibility index (Phi) is 6.65. The van der Waals surface area contributed by atoms with Crippen molar-refractivity contribution in [3.63, 3.8) is 0 Å². The molecular weight excluding hydrogens is 422 g/mol. The van der Waals surface area contributed by atoms with Crippen LogP contribution in [0.4, 0.5) is 0 Å². The van der Waals surface area contributed by atoms with Crippen LogP contribution in [0.2, 0.25) is 0 Å². The molecule has 3 aromatic carbocycles. The van der Waals surface area contributed by atoms with E-state index in [2.05, 4.69) is 6.58 Å². The average molecular weight is 448 g/mol. The predicted molar refractivity (Wildman–Crippen MR) is 124 cm³/mol. The van der Waals surface area contributed by atoms with Crippen LogP contribution >= 0.6 is 0 Å². The fourth-order valence-corrected chi connectivity index (χ4v) is 5.95. The molecule has 0 saturated carbocycles. The zero-order valence-corrected chi connectivity index (χ0v) is 18.4. The summed E-state index contributed by atoms with van der Waals surface area (Å²) in [5.41, 5.74) is 2.11. The van der Waals surface area contributed by atoms with Crippen molar-refractivity contribution in [1.82, 2.24) is 4.31 Å². The van der Waals surface area contributed by atoms with Crippen LogP contribution in [0.3, 0.4) is 0 Å². The van der Waals surface area contributed by atoms with Crippen molar-refractivity contribution in [3.05, 3.63) is 114 Å². The van der Waals surface area contributed by atoms with Crippen LogP contribution in [0.25, 0.3) is 0 Å². The predicted octanol–water partition coefficient (Wildman–Crippen LogP) is 4.26. The molecule has 164 valence electrons. The maximum absolute atomic E-state index is 13.7. The first kappa shape index (κ1) is 22.1. The van der Waals surface area contributed by atoms with Gasteiger partial charge in [-0.15, -0.1) is 6.58 Å². The lowest BCUT2D eigenvalue weighted by Gasteiger charge is -2.38. The highest BCUT2D eigenvalue weighted by Crippen LogP contribution is 2.33. The van der Waals surface area contributed by atoms with E-state index in [1.54, 1.807) is 24.3 Å². The first-order valence-corrected chi connectivity index (χ1v) is 11.9. The SMILES string of the molecule is C=C[C@H](COCc1ccccc1)N1[C@@H](Cc2ccccc2)C(=O)c2ccccc2S1(=O)=O. The normalized spacial score (nSPS) is 18.6. The van der Waals surface area contributed by atoms with Gasteiger partial charge in [0, 0.05) is 5.56 Å². The third-order valence-corrected chi connectivity index (χ3v) is 7.58. The van der Waals surface area contributed by atoms with Gasteiger partial charge in [-0.1, -0.05) is 78.9 Å². The quantitative estimate of drug-likeness (QED) is 0.484. The molecule has 6 heteroatoms. The number of ether oxygens (including phenoxy) is 1. The van der Waals surface area contributed by atoms with Crippen molar-refractivity contribution in [1.29, 1.82) is 0 Å². The second-order valence-corrected chi connectivity index (χ2v) is 9.52. The first-order valence-electron chi connectivity index (χ1n) is 10.5. The summed E-state index contributed by atoms with van der Waals surface area (Å²) in [6.07, 6.45) is 1.82. The molecule has 0 amide bonds. The van der Waals surface area contributed by atoms with E-state index >= 15 is 0 Å². The topological polar surface area (TPSA) is 63.7 Å². The van der Waals surface area contributed by atoms with Crippen LogP contribution in [-0.4, -0.2) is 37.2 Å². The van der Waals surface area contributed by atoms with Gasteiger partial charge in [0.15, 0.2) is 5.78 Å². The molecular formula is C26H25NO4S. The number of benzene rings is 3. The van der Waals surface area contributed by atoms with Gasteiger partial charge in [0.2, 0.25) is 10.0 Å². The van der Waals surface area contributed by atoms with Crippen molar-refractivity contribution >= 4 is 15.8 Å². The minimum atomic E-state index is -3.93. The van der Waals surface area contributed by atoms with Crippen LogP contribution in [0, 0.1) is 0 Å². The Morgan fingerprint density at radius 3 is 2.16 bits per heavy atom. The van der Waals surface area contributed by atoms with E-state index in [1.807, 2.05) is 60.7 Å². The molecule has 5 nitrogen and oxygen atoms in total. The van der Waals surface area contributed by atoms with E-state index in [4.69, 9.17) is 4.74 Å². The fourth-order valence-electron chi connectivity index (χ4n) is 4.02. The monoisotopic (exact) mass is 447 g/mol. The zero-order valence-electron chi connectivity index (χ0n) is 17.6. The van der Waals surface area contributed by atoms with Gasteiger partial charge in [0.1, 0.15) is 0 Å². The number of nitrogens with zero attached hydrogens (tertiary/aromatic N) is 1. The standard InChI is InChI=1S/C26H25NO4S/c1-2-22(19-31-18-21-13-7-4-8-14-21)27-24(17-20-11-5-3-6-12-20)26(28)23-15-9-10-16-25(23)32(27,29)30/h2-16,22,24H,1,17-19H2/t22-,24+/m1/s1. The summed E-state index contributed by atoms with van der Waals surface area (Å²) in [5.74, 6) is -0.214. The molecule has 0 spiro atoms. The number of carbonyl (C=O) groups excluding carboxylic acids is 1. The zero-order chi connectivity index (χ0) is 22.6. The highest BCUT2D eigenvalue weighted by atomic mass is 32.2. The number of hydrogen-bond donors (Lipinski definition) is 0. The maximum Gasteiger partial charge on any atom is 0.245 e. The fraction of sp³-hybridized carbons (Fsp3) is 0.192. The summed E-state index contributed by atoms with van der Waals surface area (Å²) in [5, 5.41) is 0. The molecule has 0 N–H and O–H groups in total. The molecule has 0 radical (unpaired) electrons. The molecule has 4 rings (SSSR count). The van der Waals surface area contributed by atoms with Gasteiger partial charge < -0.3 is 4.74 Å². The molecule has 32 heavy (non-hydrogen) atoms. The minimum Gasteiger partial charge on any atom is -0.375 e. The van der Waals surface area contributed by atoms with Crippen molar-refractivity contribution in [2.45, 2.75) is 30.0 Å². The van der Waals surface area contributed by atoms with Crippen LogP contribution < -0.4 is 0 Å². The summed E-state index contributed by atoms with van der Waals surface area (Å²) in [6, 6.07) is 23.9. The number of ketones is 1. The summed E-state index contributed by atoms with van der Waals surface area (Å²) >= 11 is 0. The second-order valence-electron chi connectivity index (χ2n) is 7.70. The Labute approximate surface area is 189 Å². The Balaban J connectivity index is 1.67. The van der Waals surface area contributed by atoms with Gasteiger partial charge in [0.05, 0.1) is 30.2 Å². The molecule has 0 bridgehead atoms. The van der Waals surface area contributed by atoms with E-state index < -0.39 is 22.1 Å². The third-order valence-electron chi connectivity index (χ3n) is 5.59. The lowest BCUT2D eigenvalue weighted by atomic mass is 9.96. The number of sulfonamides is 1. The third kappa shape index (κ3) is 4.43. The summed E-state index contributed by atoms with van der Waals surface area (Å²) in [4.78, 5) is 13.5. The smallest absolute Gasteiger partial charge is 0.245 e. The average Bonchev–Trinajstić information content (AvgIpc) is 2.82. The summed E-state index contributed by atoms with van der Waals surface area (Å²) in [7, 11) is -3.93. The van der Waals surface area contributed by atoms with Crippen LogP contribution in [0.15, 0.2) is 102 Å². The van der Waals surface area contributed by atoms with Gasteiger partial charge in [-0.3, -0.25) is 4.79 Å². The summed E-state index contributed by atoms with van der Waals surface area (Å²) in [6.45, 7) is 4.29. The number of carbonyl (C=O) groups is 1. The van der Waals surface area contributed by atoms with E-state index in [1.165, 1.54) is 10.4 Å². The van der Waals surface area contributed by atoms with E-state index in [0.717, 1.165) is 11.1 Å². The highest BCUT2D eigenvalue weighted by molar-refractivity contribution is 7.89. The van der Waals surface area contributed by atoms with E-state index in [0.29, 0.717) is 6.61 Å². The van der Waals surface area contributed by atoms with E-state index in [9.17, 15) is 13.2 Å². The molecule has 0 fully saturated rings. The van der Waals surface area contributed by atoms with Gasteiger partial charge in [-0.05, 0) is 29.7 Å². The molecule has 0 aliphatic carbocycles. The van der Waals surface area contributed by atoms with Crippen LogP contribution in [0.5, 0.6) is 0 Å². The van der Waals surface area contributed by atoms with Gasteiger partial charge in [-0.2, -0.15) is 4.31 Å². The van der Waals surface area contributed by atoms with Crippen molar-refractivity contribution in [3.8, 4) is 0 Å². The maximum atomic E-state index is 13.7. The van der Waals surface area contributed by atoms with Crippen molar-refractivity contribution in [2.24, 2.45) is 0 Å². The Hall–Kier alpha value is -3.06. The molecule has 0 saturated heterocycles. The van der Waals surface area contributed by atoms with Crippen molar-refractivity contribution < 1.29 is 17.9 Å². The highest BCUT2D eigenvalue weighted by Gasteiger charge is 2.46. The molecule has 1 aliphatic rings. The Morgan fingerprint density at radius 1 is 0.906 bits per heavy atom. The van der Waals surface area contributed by atoms with E-state index in [-0.39, 0.29) is 29.3 Å². The number of hydrogen-bond acceptors (Lipinski definition) is 4. The molecule has 1 aliphatic heterocycles. The van der Waals surface area contributed by atoms with Gasteiger partial charge in [0.25, 0.3) is 0 Å². The first-order chi connectivity index (χ1) is 15.5. The van der Waals surface area contributed by atoms with Crippen LogP contribution in [0.1, 0.15) is 21.5 Å². The lowest BCUT2D eigenvalue weighted by Crippen LogP contribution is -2.55. The Morgan fingerprint density at radius 2 is 1.50 bits per heavy atom. The molecule has 0 aromatic heterocycles. The molecule has 3 aromatic rings. The van der Waals surface area contributed by atoms with Crippen LogP contribution in [-0.2, 0) is 27.8 Å². The largest absolute Gasteiger partial charge is 0.375 e. The molecule has 0 unspecified atom stereocenters. The van der Waals surface area contributed by atoms with Crippen molar-refractivity contribution in [2.75, 3.05) is 6.61 Å². The molecule has 1 heterocycles.